The number of carbonyl (C=O) groups is 2. The molecule has 7 nitrogen and oxygen atoms in total. The van der Waals surface area contributed by atoms with E-state index in [1.807, 2.05) is 24.3 Å². The van der Waals surface area contributed by atoms with E-state index in [1.165, 1.54) is 22.7 Å². The lowest BCUT2D eigenvalue weighted by Gasteiger charge is -2.01. The first-order valence-electron chi connectivity index (χ1n) is 8.66. The summed E-state index contributed by atoms with van der Waals surface area (Å²) < 4.78 is 6.13. The van der Waals surface area contributed by atoms with Gasteiger partial charge in [-0.3, -0.25) is 14.9 Å². The highest BCUT2D eigenvalue weighted by Gasteiger charge is 2.13. The molecule has 0 atom stereocenters. The van der Waals surface area contributed by atoms with E-state index in [9.17, 15) is 9.59 Å². The molecule has 0 fully saturated rings. The molecule has 0 aliphatic heterocycles. The lowest BCUT2D eigenvalue weighted by atomic mass is 10.2. The molecule has 0 spiro atoms. The van der Waals surface area contributed by atoms with E-state index in [0.29, 0.717) is 21.5 Å². The molecule has 146 valence electrons. The Hall–Kier alpha value is -3.30. The monoisotopic (exact) mass is 424 g/mol. The molecular weight excluding hydrogens is 408 g/mol. The number of aromatic nitrogens is 2. The molecular formula is C20H16N4O3S2. The molecule has 2 N–H and O–H groups in total. The number of hydrogen-bond acceptors (Lipinski definition) is 7. The maximum absolute atomic E-state index is 12.3. The van der Waals surface area contributed by atoms with Crippen molar-refractivity contribution in [3.05, 3.63) is 65.2 Å². The SMILES string of the molecule is COc1ccc2nc(NC(=O)Cc3csc(NC(=O)c4ccccc4)n3)sc2c1. The minimum absolute atomic E-state index is 0.0942. The fourth-order valence-electron chi connectivity index (χ4n) is 2.62. The normalized spacial score (nSPS) is 10.7. The van der Waals surface area contributed by atoms with Crippen LogP contribution in [0.4, 0.5) is 10.3 Å². The average Bonchev–Trinajstić information content (AvgIpc) is 3.33. The average molecular weight is 425 g/mol. The highest BCUT2D eigenvalue weighted by Crippen LogP contribution is 2.29. The molecule has 0 aliphatic carbocycles. The molecule has 0 unspecified atom stereocenters. The van der Waals surface area contributed by atoms with Gasteiger partial charge in [0.15, 0.2) is 10.3 Å². The van der Waals surface area contributed by atoms with Gasteiger partial charge in [0, 0.05) is 10.9 Å². The molecule has 29 heavy (non-hydrogen) atoms. The van der Waals surface area contributed by atoms with Crippen LogP contribution in [-0.2, 0) is 11.2 Å². The summed E-state index contributed by atoms with van der Waals surface area (Å²) in [5, 5.41) is 8.27. The van der Waals surface area contributed by atoms with Crippen LogP contribution in [0.25, 0.3) is 10.2 Å². The van der Waals surface area contributed by atoms with Gasteiger partial charge >= 0.3 is 0 Å². The highest BCUT2D eigenvalue weighted by molar-refractivity contribution is 7.22. The van der Waals surface area contributed by atoms with Gasteiger partial charge in [-0.05, 0) is 30.3 Å². The molecule has 0 saturated carbocycles. The third kappa shape index (κ3) is 4.58. The Morgan fingerprint density at radius 2 is 1.86 bits per heavy atom. The van der Waals surface area contributed by atoms with Gasteiger partial charge in [-0.15, -0.1) is 11.3 Å². The van der Waals surface area contributed by atoms with Crippen molar-refractivity contribution in [1.29, 1.82) is 0 Å². The molecule has 2 aromatic carbocycles. The van der Waals surface area contributed by atoms with Crippen LogP contribution in [0.5, 0.6) is 5.75 Å². The molecule has 0 bridgehead atoms. The Labute approximate surface area is 174 Å². The zero-order valence-corrected chi connectivity index (χ0v) is 17.0. The molecule has 0 radical (unpaired) electrons. The molecule has 2 heterocycles. The topological polar surface area (TPSA) is 93.2 Å². The Kier molecular flexibility index (Phi) is 5.50. The maximum atomic E-state index is 12.3. The van der Waals surface area contributed by atoms with E-state index in [2.05, 4.69) is 20.6 Å². The number of carbonyl (C=O) groups excluding carboxylic acids is 2. The van der Waals surface area contributed by atoms with Gasteiger partial charge in [0.1, 0.15) is 5.75 Å². The van der Waals surface area contributed by atoms with E-state index in [4.69, 9.17) is 4.74 Å². The van der Waals surface area contributed by atoms with Gasteiger partial charge in [-0.25, -0.2) is 9.97 Å². The van der Waals surface area contributed by atoms with Crippen LogP contribution < -0.4 is 15.4 Å². The van der Waals surface area contributed by atoms with Gasteiger partial charge in [-0.2, -0.15) is 0 Å². The summed E-state index contributed by atoms with van der Waals surface area (Å²) in [6, 6.07) is 14.4. The number of nitrogens with zero attached hydrogens (tertiary/aromatic N) is 2. The fraction of sp³-hybridized carbons (Fsp3) is 0.100. The van der Waals surface area contributed by atoms with Crippen molar-refractivity contribution in [2.45, 2.75) is 6.42 Å². The van der Waals surface area contributed by atoms with Crippen LogP contribution in [0, 0.1) is 0 Å². The number of ether oxygens (including phenoxy) is 1. The zero-order chi connectivity index (χ0) is 20.2. The largest absolute Gasteiger partial charge is 0.497 e. The Morgan fingerprint density at radius 1 is 1.03 bits per heavy atom. The van der Waals surface area contributed by atoms with E-state index in [1.54, 1.807) is 36.8 Å². The van der Waals surface area contributed by atoms with Crippen molar-refractivity contribution in [3.63, 3.8) is 0 Å². The summed E-state index contributed by atoms with van der Waals surface area (Å²) in [7, 11) is 1.61. The summed E-state index contributed by atoms with van der Waals surface area (Å²) >= 11 is 2.66. The molecule has 4 rings (SSSR count). The minimum atomic E-state index is -0.235. The van der Waals surface area contributed by atoms with Crippen LogP contribution >= 0.6 is 22.7 Å². The van der Waals surface area contributed by atoms with Crippen molar-refractivity contribution in [2.75, 3.05) is 17.7 Å². The summed E-state index contributed by atoms with van der Waals surface area (Å²) in [4.78, 5) is 33.2. The number of hydrogen-bond donors (Lipinski definition) is 2. The number of rotatable bonds is 6. The zero-order valence-electron chi connectivity index (χ0n) is 15.3. The van der Waals surface area contributed by atoms with Crippen molar-refractivity contribution in [2.24, 2.45) is 0 Å². The fourth-order valence-corrected chi connectivity index (χ4v) is 4.23. The molecule has 0 saturated heterocycles. The van der Waals surface area contributed by atoms with Crippen LogP contribution in [0.3, 0.4) is 0 Å². The Balaban J connectivity index is 1.37. The quantitative estimate of drug-likeness (QED) is 0.484. The number of fused-ring (bicyclic) bond motifs is 1. The van der Waals surface area contributed by atoms with Crippen LogP contribution in [0.2, 0.25) is 0 Å². The number of nitrogens with one attached hydrogen (secondary N) is 2. The van der Waals surface area contributed by atoms with Gasteiger partial charge in [0.25, 0.3) is 5.91 Å². The van der Waals surface area contributed by atoms with Crippen LogP contribution in [0.15, 0.2) is 53.9 Å². The molecule has 0 aliphatic rings. The van der Waals surface area contributed by atoms with Gasteiger partial charge < -0.3 is 10.1 Å². The Morgan fingerprint density at radius 3 is 2.66 bits per heavy atom. The van der Waals surface area contributed by atoms with Crippen molar-refractivity contribution < 1.29 is 14.3 Å². The smallest absolute Gasteiger partial charge is 0.257 e. The van der Waals surface area contributed by atoms with Crippen molar-refractivity contribution >= 4 is 55.0 Å². The molecule has 2 aromatic heterocycles. The number of thiazole rings is 2. The predicted octanol–water partition coefficient (Wildman–Crippen LogP) is 4.19. The number of amides is 2. The second kappa shape index (κ2) is 8.38. The summed E-state index contributed by atoms with van der Waals surface area (Å²) in [5.74, 6) is 0.287. The summed E-state index contributed by atoms with van der Waals surface area (Å²) in [6.07, 6.45) is 0.0942. The third-order valence-corrected chi connectivity index (χ3v) is 5.73. The number of benzene rings is 2. The maximum Gasteiger partial charge on any atom is 0.257 e. The minimum Gasteiger partial charge on any atom is -0.497 e. The van der Waals surface area contributed by atoms with Gasteiger partial charge in [0.05, 0.1) is 29.4 Å². The number of methoxy groups -OCH3 is 1. The van der Waals surface area contributed by atoms with E-state index < -0.39 is 0 Å². The first-order valence-corrected chi connectivity index (χ1v) is 10.4. The first-order chi connectivity index (χ1) is 14.1. The van der Waals surface area contributed by atoms with Crippen LogP contribution in [-0.4, -0.2) is 28.9 Å². The molecule has 9 heteroatoms. The van der Waals surface area contributed by atoms with Gasteiger partial charge in [0.2, 0.25) is 5.91 Å². The first kappa shape index (κ1) is 19.0. The highest BCUT2D eigenvalue weighted by atomic mass is 32.1. The molecule has 2 amide bonds. The van der Waals surface area contributed by atoms with E-state index in [-0.39, 0.29) is 18.2 Å². The second-order valence-electron chi connectivity index (χ2n) is 6.04. The predicted molar refractivity (Wildman–Crippen MR) is 115 cm³/mol. The van der Waals surface area contributed by atoms with Crippen molar-refractivity contribution in [3.8, 4) is 5.75 Å². The lowest BCUT2D eigenvalue weighted by molar-refractivity contribution is -0.115. The van der Waals surface area contributed by atoms with E-state index >= 15 is 0 Å². The second-order valence-corrected chi connectivity index (χ2v) is 7.93. The molecule has 4 aromatic rings. The van der Waals surface area contributed by atoms with Gasteiger partial charge in [-0.1, -0.05) is 29.5 Å². The third-order valence-electron chi connectivity index (χ3n) is 3.99. The van der Waals surface area contributed by atoms with Crippen molar-refractivity contribution in [1.82, 2.24) is 9.97 Å². The lowest BCUT2D eigenvalue weighted by Crippen LogP contribution is -2.15. The van der Waals surface area contributed by atoms with Crippen LogP contribution in [0.1, 0.15) is 16.1 Å². The number of anilines is 2. The van der Waals surface area contributed by atoms with E-state index in [0.717, 1.165) is 16.0 Å². The Bertz CT molecular complexity index is 1170. The summed E-state index contributed by atoms with van der Waals surface area (Å²) in [5.41, 5.74) is 1.93. The standard InChI is InChI=1S/C20H16N4O3S2/c1-27-14-7-8-15-16(10-14)29-20(22-15)23-17(25)9-13-11-28-19(21-13)24-18(26)12-5-3-2-4-6-12/h2-8,10-11H,9H2,1H3,(H,21,24,26)(H,22,23,25). The summed E-state index contributed by atoms with van der Waals surface area (Å²) in [6.45, 7) is 0.